The fourth-order valence-electron chi connectivity index (χ4n) is 1.47. The third-order valence-electron chi connectivity index (χ3n) is 2.40. The minimum absolute atomic E-state index is 0.0665. The summed E-state index contributed by atoms with van der Waals surface area (Å²) in [5.41, 5.74) is -0.695. The van der Waals surface area contributed by atoms with E-state index in [1.54, 1.807) is 0 Å². The van der Waals surface area contributed by atoms with Crippen molar-refractivity contribution in [2.45, 2.75) is 12.3 Å². The Morgan fingerprint density at radius 3 is 2.42 bits per heavy atom. The molecule has 102 valence electrons. The molecule has 0 amide bonds. The Bertz CT molecular complexity index is 600. The lowest BCUT2D eigenvalue weighted by atomic mass is 10.1. The molecule has 0 radical (unpaired) electrons. The molecule has 2 rings (SSSR count). The number of hydrogen-bond acceptors (Lipinski definition) is 3. The van der Waals surface area contributed by atoms with E-state index in [1.807, 2.05) is 0 Å². The number of pyridine rings is 1. The lowest BCUT2D eigenvalue weighted by Gasteiger charge is -2.13. The summed E-state index contributed by atoms with van der Waals surface area (Å²) in [5.74, 6) is 0. The van der Waals surface area contributed by atoms with E-state index in [-0.39, 0.29) is 10.2 Å². The van der Waals surface area contributed by atoms with Crippen molar-refractivity contribution in [3.05, 3.63) is 51.1 Å². The van der Waals surface area contributed by atoms with E-state index in [9.17, 15) is 18.3 Å². The largest absolute Gasteiger partial charge is 0.457 e. The zero-order valence-electron chi connectivity index (χ0n) is 9.08. The number of rotatable bonds is 2. The molecule has 0 aromatic carbocycles. The van der Waals surface area contributed by atoms with Crippen LogP contribution >= 0.6 is 27.5 Å². The third-order valence-corrected chi connectivity index (χ3v) is 3.35. The molecule has 0 aliphatic rings. The fraction of sp³-hybridized carbons (Fsp3) is 0.182. The number of aliphatic hydroxyl groups is 1. The zero-order valence-corrected chi connectivity index (χ0v) is 11.4. The van der Waals surface area contributed by atoms with Crippen LogP contribution in [0.4, 0.5) is 13.2 Å². The Labute approximate surface area is 119 Å². The van der Waals surface area contributed by atoms with Crippen LogP contribution in [-0.4, -0.2) is 10.1 Å². The first-order valence-corrected chi connectivity index (χ1v) is 6.12. The van der Waals surface area contributed by atoms with E-state index in [1.165, 1.54) is 12.3 Å². The minimum atomic E-state index is -4.58. The molecule has 1 unspecified atom stereocenters. The number of halogens is 5. The number of furan rings is 1. The highest BCUT2D eigenvalue weighted by Crippen LogP contribution is 2.35. The topological polar surface area (TPSA) is 46.3 Å². The number of aromatic nitrogens is 1. The van der Waals surface area contributed by atoms with Crippen LogP contribution in [0.25, 0.3) is 0 Å². The van der Waals surface area contributed by atoms with Crippen LogP contribution in [0, 0.1) is 0 Å². The van der Waals surface area contributed by atoms with Gasteiger partial charge in [-0.15, -0.1) is 0 Å². The molecular formula is C11H6BrClF3NO2. The predicted octanol–water partition coefficient (Wildman–Crippen LogP) is 4.19. The first kappa shape index (κ1) is 14.4. The second-order valence-corrected chi connectivity index (χ2v) is 4.70. The Hall–Kier alpha value is -1.05. The van der Waals surface area contributed by atoms with Crippen LogP contribution in [0.15, 0.2) is 33.5 Å². The van der Waals surface area contributed by atoms with Crippen LogP contribution in [0.2, 0.25) is 5.15 Å². The molecule has 2 aromatic heterocycles. The zero-order chi connectivity index (χ0) is 14.2. The van der Waals surface area contributed by atoms with Crippen molar-refractivity contribution in [2.75, 3.05) is 0 Å². The molecule has 0 saturated carbocycles. The van der Waals surface area contributed by atoms with E-state index in [2.05, 4.69) is 20.9 Å². The molecule has 0 bridgehead atoms. The van der Waals surface area contributed by atoms with Gasteiger partial charge in [0.05, 0.1) is 6.26 Å². The fourth-order valence-corrected chi connectivity index (χ4v) is 2.19. The maximum Gasteiger partial charge on any atom is 0.433 e. The van der Waals surface area contributed by atoms with Crippen molar-refractivity contribution in [3.63, 3.8) is 0 Å². The molecular weight excluding hydrogens is 350 g/mol. The summed E-state index contributed by atoms with van der Waals surface area (Å²) >= 11 is 8.75. The van der Waals surface area contributed by atoms with Crippen LogP contribution in [-0.2, 0) is 6.18 Å². The van der Waals surface area contributed by atoms with E-state index < -0.39 is 23.1 Å². The van der Waals surface area contributed by atoms with Crippen LogP contribution < -0.4 is 0 Å². The summed E-state index contributed by atoms with van der Waals surface area (Å²) in [4.78, 5) is 3.24. The lowest BCUT2D eigenvalue weighted by Crippen LogP contribution is -2.10. The van der Waals surface area contributed by atoms with Crippen molar-refractivity contribution < 1.29 is 22.7 Å². The molecule has 8 heteroatoms. The van der Waals surface area contributed by atoms with Gasteiger partial charge in [0, 0.05) is 11.1 Å². The summed E-state index contributed by atoms with van der Waals surface area (Å²) in [5, 5.41) is 9.63. The van der Waals surface area contributed by atoms with Crippen LogP contribution in [0.1, 0.15) is 22.9 Å². The maximum absolute atomic E-state index is 12.4. The Kier molecular flexibility index (Phi) is 3.89. The van der Waals surface area contributed by atoms with Crippen molar-refractivity contribution in [1.82, 2.24) is 4.98 Å². The SMILES string of the molecule is OC(c1ccc(C(F)(F)F)nc1Cl)c1ccoc1Br. The molecule has 0 aliphatic carbocycles. The van der Waals surface area contributed by atoms with Crippen molar-refractivity contribution in [2.24, 2.45) is 0 Å². The first-order chi connectivity index (χ1) is 8.80. The van der Waals surface area contributed by atoms with Gasteiger partial charge in [-0.2, -0.15) is 13.2 Å². The van der Waals surface area contributed by atoms with Crippen LogP contribution in [0.5, 0.6) is 0 Å². The Morgan fingerprint density at radius 2 is 1.95 bits per heavy atom. The van der Waals surface area contributed by atoms with Gasteiger partial charge in [0.1, 0.15) is 17.0 Å². The van der Waals surface area contributed by atoms with Gasteiger partial charge in [0.25, 0.3) is 0 Å². The standard InChI is InChI=1S/C11H6BrClF3NO2/c12-9-5(3-4-19-9)8(18)6-1-2-7(11(14,15)16)17-10(6)13/h1-4,8,18H. The summed E-state index contributed by atoms with van der Waals surface area (Å²) in [7, 11) is 0. The number of nitrogens with zero attached hydrogens (tertiary/aromatic N) is 1. The lowest BCUT2D eigenvalue weighted by molar-refractivity contribution is -0.141. The number of aliphatic hydroxyl groups excluding tert-OH is 1. The van der Waals surface area contributed by atoms with Gasteiger partial charge in [-0.3, -0.25) is 0 Å². The summed E-state index contributed by atoms with van der Waals surface area (Å²) in [6, 6.07) is 3.32. The number of alkyl halides is 3. The van der Waals surface area contributed by atoms with Gasteiger partial charge < -0.3 is 9.52 Å². The third kappa shape index (κ3) is 2.93. The van der Waals surface area contributed by atoms with Gasteiger partial charge in [-0.05, 0) is 28.1 Å². The van der Waals surface area contributed by atoms with Gasteiger partial charge >= 0.3 is 6.18 Å². The van der Waals surface area contributed by atoms with Gasteiger partial charge in [0.2, 0.25) is 0 Å². The number of hydrogen-bond donors (Lipinski definition) is 1. The molecule has 19 heavy (non-hydrogen) atoms. The minimum Gasteiger partial charge on any atom is -0.457 e. The van der Waals surface area contributed by atoms with Crippen LogP contribution in [0.3, 0.4) is 0 Å². The highest BCUT2D eigenvalue weighted by Gasteiger charge is 2.33. The van der Waals surface area contributed by atoms with E-state index in [4.69, 9.17) is 16.0 Å². The van der Waals surface area contributed by atoms with Crippen molar-refractivity contribution in [3.8, 4) is 0 Å². The summed E-state index contributed by atoms with van der Waals surface area (Å²) in [6.07, 6.45) is -4.48. The van der Waals surface area contributed by atoms with E-state index >= 15 is 0 Å². The molecule has 0 spiro atoms. The molecule has 0 aliphatic heterocycles. The first-order valence-electron chi connectivity index (χ1n) is 4.95. The Morgan fingerprint density at radius 1 is 1.26 bits per heavy atom. The second kappa shape index (κ2) is 5.15. The smallest absolute Gasteiger partial charge is 0.433 e. The van der Waals surface area contributed by atoms with E-state index in [0.29, 0.717) is 5.56 Å². The molecule has 2 heterocycles. The molecule has 2 aromatic rings. The summed E-state index contributed by atoms with van der Waals surface area (Å²) < 4.78 is 42.5. The normalized spacial score (nSPS) is 13.6. The van der Waals surface area contributed by atoms with Crippen molar-refractivity contribution in [1.29, 1.82) is 0 Å². The molecule has 3 nitrogen and oxygen atoms in total. The predicted molar refractivity (Wildman–Crippen MR) is 64.7 cm³/mol. The highest BCUT2D eigenvalue weighted by atomic mass is 79.9. The van der Waals surface area contributed by atoms with Gasteiger partial charge in [-0.1, -0.05) is 17.7 Å². The Balaban J connectivity index is 2.39. The quantitative estimate of drug-likeness (QED) is 0.821. The maximum atomic E-state index is 12.4. The average molecular weight is 357 g/mol. The van der Waals surface area contributed by atoms with Gasteiger partial charge in [0.15, 0.2) is 4.67 Å². The highest BCUT2D eigenvalue weighted by molar-refractivity contribution is 9.10. The molecule has 0 saturated heterocycles. The summed E-state index contributed by atoms with van der Waals surface area (Å²) in [6.45, 7) is 0. The monoisotopic (exact) mass is 355 g/mol. The average Bonchev–Trinajstić information content (AvgIpc) is 2.73. The second-order valence-electron chi connectivity index (χ2n) is 3.63. The molecule has 0 fully saturated rings. The van der Waals surface area contributed by atoms with E-state index in [0.717, 1.165) is 12.1 Å². The molecule has 1 N–H and O–H groups in total. The molecule has 1 atom stereocenters. The van der Waals surface area contributed by atoms with Gasteiger partial charge in [-0.25, -0.2) is 4.98 Å². The van der Waals surface area contributed by atoms with Crippen molar-refractivity contribution >= 4 is 27.5 Å².